The predicted octanol–water partition coefficient (Wildman–Crippen LogP) is 5.11. The van der Waals surface area contributed by atoms with Gasteiger partial charge in [-0.3, -0.25) is 4.79 Å². The van der Waals surface area contributed by atoms with Gasteiger partial charge in [0.2, 0.25) is 5.91 Å². The zero-order valence-electron chi connectivity index (χ0n) is 19.2. The van der Waals surface area contributed by atoms with Gasteiger partial charge < -0.3 is 19.4 Å². The Kier molecular flexibility index (Phi) is 7.69. The number of aromatic nitrogens is 2. The normalized spacial score (nSPS) is 15.0. The van der Waals surface area contributed by atoms with Crippen LogP contribution in [0.15, 0.2) is 36.8 Å². The van der Waals surface area contributed by atoms with E-state index in [1.807, 2.05) is 43.1 Å². The van der Waals surface area contributed by atoms with Gasteiger partial charge in [0.15, 0.2) is 0 Å². The van der Waals surface area contributed by atoms with E-state index in [0.717, 1.165) is 52.4 Å². The number of hydrogen-bond donors (Lipinski definition) is 1. The lowest BCUT2D eigenvalue weighted by molar-refractivity contribution is -0.133. The molecule has 6 nitrogen and oxygen atoms in total. The number of nitrogens with one attached hydrogen (secondary N) is 1. The van der Waals surface area contributed by atoms with Crippen LogP contribution >= 0.6 is 0 Å². The molecule has 1 aliphatic rings. The third-order valence-electron chi connectivity index (χ3n) is 5.44. The van der Waals surface area contributed by atoms with Crippen LogP contribution in [-0.4, -0.2) is 35.3 Å². The molecule has 6 heteroatoms. The summed E-state index contributed by atoms with van der Waals surface area (Å²) in [6, 6.07) is 4.00. The van der Waals surface area contributed by atoms with Crippen LogP contribution in [-0.2, 0) is 14.3 Å². The zero-order valence-corrected chi connectivity index (χ0v) is 19.2. The molecule has 1 fully saturated rings. The van der Waals surface area contributed by atoms with Gasteiger partial charge in [-0.05, 0) is 57.4 Å². The van der Waals surface area contributed by atoms with Crippen LogP contribution in [0.4, 0.5) is 5.69 Å². The largest absolute Gasteiger partial charge is 0.493 e. The molecule has 166 valence electrons. The molecule has 1 aromatic carbocycles. The first-order chi connectivity index (χ1) is 14.9. The Hall–Kier alpha value is -2.86. The number of amides is 1. The second-order valence-corrected chi connectivity index (χ2v) is 7.97. The Morgan fingerprint density at radius 2 is 2.06 bits per heavy atom. The molecule has 0 saturated carbocycles. The second kappa shape index (κ2) is 10.4. The van der Waals surface area contributed by atoms with Gasteiger partial charge in [0.1, 0.15) is 5.76 Å². The number of allylic oxidation sites excluding steroid dienone is 3. The molecule has 1 aromatic heterocycles. The fourth-order valence-electron chi connectivity index (χ4n) is 3.40. The molecule has 1 saturated heterocycles. The van der Waals surface area contributed by atoms with E-state index >= 15 is 0 Å². The van der Waals surface area contributed by atoms with Crippen LogP contribution < -0.4 is 5.32 Å². The van der Waals surface area contributed by atoms with Gasteiger partial charge in [-0.15, -0.1) is 0 Å². The molecule has 31 heavy (non-hydrogen) atoms. The summed E-state index contributed by atoms with van der Waals surface area (Å²) in [5.41, 5.74) is 5.95. The fraction of sp³-hybridized carbons (Fsp3) is 0.440. The number of nitrogens with zero attached hydrogens (tertiary/aromatic N) is 2. The molecule has 2 heterocycles. The van der Waals surface area contributed by atoms with Crippen LogP contribution in [0, 0.1) is 26.7 Å². The molecule has 0 spiro atoms. The maximum Gasteiger partial charge on any atom is 0.232 e. The number of carbonyl (C=O) groups excluding carboxylic acids is 1. The third kappa shape index (κ3) is 5.64. The molecule has 0 atom stereocenters. The Bertz CT molecular complexity index is 984. The van der Waals surface area contributed by atoms with Gasteiger partial charge in [0.05, 0.1) is 37.8 Å². The molecule has 2 aromatic rings. The second-order valence-electron chi connectivity index (χ2n) is 7.97. The maximum absolute atomic E-state index is 12.4. The number of aryl methyl sites for hydroxylation is 2. The summed E-state index contributed by atoms with van der Waals surface area (Å²) >= 11 is 0. The van der Waals surface area contributed by atoms with E-state index in [4.69, 9.17) is 9.47 Å². The van der Waals surface area contributed by atoms with Crippen LogP contribution in [0.1, 0.15) is 49.1 Å². The maximum atomic E-state index is 12.4. The summed E-state index contributed by atoms with van der Waals surface area (Å²) in [7, 11) is 0. The van der Waals surface area contributed by atoms with Gasteiger partial charge in [0.25, 0.3) is 0 Å². The van der Waals surface area contributed by atoms with E-state index in [-0.39, 0.29) is 11.8 Å². The molecule has 0 aliphatic carbocycles. The van der Waals surface area contributed by atoms with E-state index < -0.39 is 0 Å². The summed E-state index contributed by atoms with van der Waals surface area (Å²) in [6.45, 7) is 11.8. The first-order valence-electron chi connectivity index (χ1n) is 11.0. The van der Waals surface area contributed by atoms with Crippen LogP contribution in [0.3, 0.4) is 0 Å². The highest BCUT2D eigenvalue weighted by Gasteiger charge is 2.26. The first kappa shape index (κ1) is 22.8. The molecule has 0 bridgehead atoms. The Balaban J connectivity index is 2.00. The number of ether oxygens (including phenoxy) is 2. The number of rotatable bonds is 9. The van der Waals surface area contributed by atoms with Gasteiger partial charge in [-0.2, -0.15) is 0 Å². The summed E-state index contributed by atoms with van der Waals surface area (Å²) < 4.78 is 13.3. The molecular formula is C25H33N3O3. The summed E-state index contributed by atoms with van der Waals surface area (Å²) in [4.78, 5) is 16.8. The van der Waals surface area contributed by atoms with Crippen molar-refractivity contribution in [2.75, 3.05) is 25.1 Å². The van der Waals surface area contributed by atoms with Crippen molar-refractivity contribution >= 4 is 23.1 Å². The Morgan fingerprint density at radius 1 is 1.29 bits per heavy atom. The Morgan fingerprint density at radius 3 is 2.65 bits per heavy atom. The number of hydrogen-bond acceptors (Lipinski definition) is 4. The van der Waals surface area contributed by atoms with E-state index in [2.05, 4.69) is 43.2 Å². The monoisotopic (exact) mass is 423 g/mol. The highest BCUT2D eigenvalue weighted by atomic mass is 16.5. The molecular weight excluding hydrogens is 390 g/mol. The van der Waals surface area contributed by atoms with E-state index in [9.17, 15) is 4.79 Å². The smallest absolute Gasteiger partial charge is 0.232 e. The van der Waals surface area contributed by atoms with Gasteiger partial charge >= 0.3 is 0 Å². The molecule has 0 radical (unpaired) electrons. The van der Waals surface area contributed by atoms with E-state index in [0.29, 0.717) is 19.8 Å². The lowest BCUT2D eigenvalue weighted by Crippen LogP contribution is -2.38. The molecule has 0 unspecified atom stereocenters. The third-order valence-corrected chi connectivity index (χ3v) is 5.44. The topological polar surface area (TPSA) is 65.4 Å². The van der Waals surface area contributed by atoms with E-state index in [1.165, 1.54) is 0 Å². The number of imidazole rings is 1. The molecule has 1 N–H and O–H groups in total. The lowest BCUT2D eigenvalue weighted by atomic mass is 9.99. The lowest BCUT2D eigenvalue weighted by Gasteiger charge is -2.25. The summed E-state index contributed by atoms with van der Waals surface area (Å²) in [6.07, 6.45) is 10.1. The van der Waals surface area contributed by atoms with Crippen molar-refractivity contribution in [3.8, 4) is 0 Å². The Labute approximate surface area is 185 Å². The highest BCUT2D eigenvalue weighted by Crippen LogP contribution is 2.29. The quantitative estimate of drug-likeness (QED) is 0.449. The highest BCUT2D eigenvalue weighted by molar-refractivity contribution is 5.94. The minimum Gasteiger partial charge on any atom is -0.493 e. The number of carbonyl (C=O) groups is 1. The van der Waals surface area contributed by atoms with Gasteiger partial charge in [-0.1, -0.05) is 19.4 Å². The summed E-state index contributed by atoms with van der Waals surface area (Å²) in [5.74, 6) is 0.708. The summed E-state index contributed by atoms with van der Waals surface area (Å²) in [5, 5.41) is 3.04. The van der Waals surface area contributed by atoms with Crippen molar-refractivity contribution in [3.63, 3.8) is 0 Å². The van der Waals surface area contributed by atoms with Gasteiger partial charge in [0, 0.05) is 29.2 Å². The zero-order chi connectivity index (χ0) is 22.4. The average Bonchev–Trinajstić information content (AvgIpc) is 3.12. The molecule has 1 amide bonds. The van der Waals surface area contributed by atoms with Crippen molar-refractivity contribution in [2.24, 2.45) is 5.92 Å². The first-order valence-corrected chi connectivity index (χ1v) is 11.0. The minimum atomic E-state index is -0.0694. The SMILES string of the molecule is CCC/C=C(/C=C(/OCC)c1cc(NC(=O)C2COC2)cc(C)c1C)n1cnc(C)c1. The minimum absolute atomic E-state index is 0.000172. The fourth-order valence-corrected chi connectivity index (χ4v) is 3.40. The van der Waals surface area contributed by atoms with Crippen molar-refractivity contribution in [1.29, 1.82) is 0 Å². The van der Waals surface area contributed by atoms with Crippen molar-refractivity contribution in [3.05, 3.63) is 59.2 Å². The van der Waals surface area contributed by atoms with Crippen molar-refractivity contribution in [1.82, 2.24) is 9.55 Å². The number of anilines is 1. The average molecular weight is 424 g/mol. The van der Waals surface area contributed by atoms with Crippen molar-refractivity contribution < 1.29 is 14.3 Å². The number of benzene rings is 1. The molecule has 3 rings (SSSR count). The van der Waals surface area contributed by atoms with Crippen molar-refractivity contribution in [2.45, 2.75) is 47.5 Å². The van der Waals surface area contributed by atoms with Gasteiger partial charge in [-0.25, -0.2) is 4.98 Å². The number of unbranched alkanes of at least 4 members (excludes halogenated alkanes) is 1. The predicted molar refractivity (Wildman–Crippen MR) is 125 cm³/mol. The standard InChI is InChI=1S/C25H33N3O3/c1-6-8-9-22(28-13-18(4)26-16-28)12-24(31-7-2)23-11-21(10-17(3)19(23)5)27-25(29)20-14-30-15-20/h9-13,16,20H,6-8,14-15H2,1-5H3,(H,27,29)/b22-9-,24-12+. The van der Waals surface area contributed by atoms with Crippen LogP contribution in [0.25, 0.3) is 11.5 Å². The van der Waals surface area contributed by atoms with Crippen LogP contribution in [0.2, 0.25) is 0 Å². The molecule has 1 aliphatic heterocycles. The van der Waals surface area contributed by atoms with Crippen LogP contribution in [0.5, 0.6) is 0 Å². The van der Waals surface area contributed by atoms with E-state index in [1.54, 1.807) is 0 Å².